The van der Waals surface area contributed by atoms with Crippen LogP contribution in [0.4, 0.5) is 10.5 Å². The lowest BCUT2D eigenvalue weighted by Crippen LogP contribution is -2.38. The Bertz CT molecular complexity index is 552. The molecular formula is C16H18N2O2. The third-order valence-corrected chi connectivity index (χ3v) is 3.07. The number of benzene rings is 2. The zero-order valence-corrected chi connectivity index (χ0v) is 11.4. The van der Waals surface area contributed by atoms with Gasteiger partial charge in [0.2, 0.25) is 0 Å². The van der Waals surface area contributed by atoms with Crippen molar-refractivity contribution in [2.75, 3.05) is 18.5 Å². The SMILES string of the molecule is CN(C(=O)NCCc1ccccc1)c1ccc(O)cc1. The summed E-state index contributed by atoms with van der Waals surface area (Å²) in [5.41, 5.74) is 1.93. The van der Waals surface area contributed by atoms with Crippen molar-refractivity contribution in [1.29, 1.82) is 0 Å². The van der Waals surface area contributed by atoms with E-state index in [0.717, 1.165) is 12.1 Å². The summed E-state index contributed by atoms with van der Waals surface area (Å²) in [5, 5.41) is 12.1. The fourth-order valence-corrected chi connectivity index (χ4v) is 1.87. The van der Waals surface area contributed by atoms with Gasteiger partial charge in [0.15, 0.2) is 0 Å². The number of aromatic hydroxyl groups is 1. The van der Waals surface area contributed by atoms with Crippen LogP contribution in [0, 0.1) is 0 Å². The van der Waals surface area contributed by atoms with E-state index >= 15 is 0 Å². The second-order valence-corrected chi connectivity index (χ2v) is 4.54. The molecule has 0 aromatic heterocycles. The van der Waals surface area contributed by atoms with Crippen LogP contribution in [-0.4, -0.2) is 24.7 Å². The van der Waals surface area contributed by atoms with Crippen LogP contribution in [0.5, 0.6) is 5.75 Å². The van der Waals surface area contributed by atoms with Gasteiger partial charge in [-0.15, -0.1) is 0 Å². The Kier molecular flexibility index (Phi) is 4.60. The van der Waals surface area contributed by atoms with E-state index in [0.29, 0.717) is 6.54 Å². The molecule has 104 valence electrons. The van der Waals surface area contributed by atoms with Crippen molar-refractivity contribution in [3.63, 3.8) is 0 Å². The number of nitrogens with one attached hydrogen (secondary N) is 1. The Hall–Kier alpha value is -2.49. The largest absolute Gasteiger partial charge is 0.508 e. The summed E-state index contributed by atoms with van der Waals surface area (Å²) in [4.78, 5) is 13.5. The zero-order chi connectivity index (χ0) is 14.4. The number of anilines is 1. The topological polar surface area (TPSA) is 52.6 Å². The van der Waals surface area contributed by atoms with E-state index in [-0.39, 0.29) is 11.8 Å². The normalized spacial score (nSPS) is 10.1. The van der Waals surface area contributed by atoms with Gasteiger partial charge in [0.25, 0.3) is 0 Å². The number of carbonyl (C=O) groups excluding carboxylic acids is 1. The van der Waals surface area contributed by atoms with E-state index in [9.17, 15) is 9.90 Å². The van der Waals surface area contributed by atoms with Crippen LogP contribution in [0.25, 0.3) is 0 Å². The summed E-state index contributed by atoms with van der Waals surface area (Å²) in [6.07, 6.45) is 0.802. The second-order valence-electron chi connectivity index (χ2n) is 4.54. The highest BCUT2D eigenvalue weighted by Gasteiger charge is 2.09. The van der Waals surface area contributed by atoms with Crippen LogP contribution in [0.1, 0.15) is 5.56 Å². The van der Waals surface area contributed by atoms with Gasteiger partial charge in [-0.1, -0.05) is 30.3 Å². The molecule has 0 bridgehead atoms. The first-order chi connectivity index (χ1) is 9.66. The highest BCUT2D eigenvalue weighted by atomic mass is 16.3. The predicted molar refractivity (Wildman–Crippen MR) is 80.1 cm³/mol. The molecule has 2 aromatic rings. The molecule has 0 unspecified atom stereocenters. The number of hydrogen-bond acceptors (Lipinski definition) is 2. The van der Waals surface area contributed by atoms with Gasteiger partial charge in [-0.2, -0.15) is 0 Å². The summed E-state index contributed by atoms with van der Waals surface area (Å²) in [5.74, 6) is 0.187. The van der Waals surface area contributed by atoms with Crippen LogP contribution < -0.4 is 10.2 Å². The number of phenolic OH excluding ortho intramolecular Hbond substituents is 1. The Labute approximate surface area is 118 Å². The molecule has 0 heterocycles. The number of hydrogen-bond donors (Lipinski definition) is 2. The zero-order valence-electron chi connectivity index (χ0n) is 11.4. The van der Waals surface area contributed by atoms with Gasteiger partial charge in [0.1, 0.15) is 5.75 Å². The maximum absolute atomic E-state index is 12.0. The summed E-state index contributed by atoms with van der Waals surface area (Å²) in [7, 11) is 1.70. The lowest BCUT2D eigenvalue weighted by Gasteiger charge is -2.18. The summed E-state index contributed by atoms with van der Waals surface area (Å²) in [6.45, 7) is 0.589. The minimum absolute atomic E-state index is 0.161. The average Bonchev–Trinajstić information content (AvgIpc) is 2.48. The number of urea groups is 1. The molecular weight excluding hydrogens is 252 g/mol. The van der Waals surface area contributed by atoms with Gasteiger partial charge in [0, 0.05) is 19.3 Å². The minimum Gasteiger partial charge on any atom is -0.508 e. The Morgan fingerprint density at radius 1 is 1.10 bits per heavy atom. The molecule has 2 aromatic carbocycles. The van der Waals surface area contributed by atoms with Crippen molar-refractivity contribution < 1.29 is 9.90 Å². The minimum atomic E-state index is -0.161. The number of carbonyl (C=O) groups is 1. The molecule has 0 radical (unpaired) electrons. The highest BCUT2D eigenvalue weighted by Crippen LogP contribution is 2.17. The number of phenols is 1. The van der Waals surface area contributed by atoms with Crippen molar-refractivity contribution in [2.24, 2.45) is 0 Å². The molecule has 0 spiro atoms. The molecule has 2 N–H and O–H groups in total. The van der Waals surface area contributed by atoms with E-state index < -0.39 is 0 Å². The predicted octanol–water partition coefficient (Wildman–Crippen LogP) is 2.78. The van der Waals surface area contributed by atoms with Crippen LogP contribution in [0.2, 0.25) is 0 Å². The standard InChI is InChI=1S/C16H18N2O2/c1-18(14-7-9-15(19)10-8-14)16(20)17-12-11-13-5-3-2-4-6-13/h2-10,19H,11-12H2,1H3,(H,17,20). The average molecular weight is 270 g/mol. The molecule has 0 saturated carbocycles. The molecule has 4 nitrogen and oxygen atoms in total. The Balaban J connectivity index is 1.84. The van der Waals surface area contributed by atoms with Crippen molar-refractivity contribution >= 4 is 11.7 Å². The maximum Gasteiger partial charge on any atom is 0.321 e. The molecule has 20 heavy (non-hydrogen) atoms. The number of rotatable bonds is 4. The second kappa shape index (κ2) is 6.61. The molecule has 4 heteroatoms. The summed E-state index contributed by atoms with van der Waals surface area (Å²) < 4.78 is 0. The molecule has 2 rings (SSSR count). The third-order valence-electron chi connectivity index (χ3n) is 3.07. The van der Waals surface area contributed by atoms with E-state index in [4.69, 9.17) is 0 Å². The van der Waals surface area contributed by atoms with Crippen molar-refractivity contribution in [3.05, 3.63) is 60.2 Å². The van der Waals surface area contributed by atoms with E-state index in [1.807, 2.05) is 30.3 Å². The third kappa shape index (κ3) is 3.75. The molecule has 0 atom stereocenters. The van der Waals surface area contributed by atoms with Gasteiger partial charge in [0.05, 0.1) is 0 Å². The first-order valence-corrected chi connectivity index (χ1v) is 6.51. The van der Waals surface area contributed by atoms with Crippen molar-refractivity contribution in [2.45, 2.75) is 6.42 Å². The number of amides is 2. The monoisotopic (exact) mass is 270 g/mol. The maximum atomic E-state index is 12.0. The summed E-state index contributed by atoms with van der Waals surface area (Å²) >= 11 is 0. The fraction of sp³-hybridized carbons (Fsp3) is 0.188. The van der Waals surface area contributed by atoms with Crippen LogP contribution >= 0.6 is 0 Å². The quantitative estimate of drug-likeness (QED) is 0.897. The molecule has 0 saturated heterocycles. The van der Waals surface area contributed by atoms with Crippen LogP contribution in [-0.2, 0) is 6.42 Å². The van der Waals surface area contributed by atoms with E-state index in [1.165, 1.54) is 10.5 Å². The molecule has 2 amide bonds. The fourth-order valence-electron chi connectivity index (χ4n) is 1.87. The molecule has 0 aliphatic rings. The summed E-state index contributed by atoms with van der Waals surface area (Å²) in [6, 6.07) is 16.4. The van der Waals surface area contributed by atoms with Crippen LogP contribution in [0.3, 0.4) is 0 Å². The van der Waals surface area contributed by atoms with Crippen molar-refractivity contribution in [1.82, 2.24) is 5.32 Å². The van der Waals surface area contributed by atoms with Crippen LogP contribution in [0.15, 0.2) is 54.6 Å². The smallest absolute Gasteiger partial charge is 0.321 e. The Morgan fingerprint density at radius 2 is 1.75 bits per heavy atom. The number of nitrogens with zero attached hydrogens (tertiary/aromatic N) is 1. The Morgan fingerprint density at radius 3 is 2.40 bits per heavy atom. The van der Waals surface area contributed by atoms with Gasteiger partial charge in [-0.3, -0.25) is 4.90 Å². The van der Waals surface area contributed by atoms with Crippen molar-refractivity contribution in [3.8, 4) is 5.75 Å². The highest BCUT2D eigenvalue weighted by molar-refractivity contribution is 5.91. The van der Waals surface area contributed by atoms with Gasteiger partial charge in [-0.25, -0.2) is 4.79 Å². The van der Waals surface area contributed by atoms with E-state index in [2.05, 4.69) is 5.32 Å². The first-order valence-electron chi connectivity index (χ1n) is 6.51. The molecule has 0 aliphatic heterocycles. The first kappa shape index (κ1) is 13.9. The van der Waals surface area contributed by atoms with Gasteiger partial charge in [-0.05, 0) is 36.2 Å². The lowest BCUT2D eigenvalue weighted by molar-refractivity contribution is 0.247. The molecule has 0 fully saturated rings. The molecule has 0 aliphatic carbocycles. The van der Waals surface area contributed by atoms with E-state index in [1.54, 1.807) is 31.3 Å². The van der Waals surface area contributed by atoms with Gasteiger partial charge < -0.3 is 10.4 Å². The van der Waals surface area contributed by atoms with Gasteiger partial charge >= 0.3 is 6.03 Å². The lowest BCUT2D eigenvalue weighted by atomic mass is 10.1.